The summed E-state index contributed by atoms with van der Waals surface area (Å²) in [5.74, 6) is 0.944. The zero-order valence-corrected chi connectivity index (χ0v) is 23.2. The van der Waals surface area contributed by atoms with Crippen LogP contribution in [0.15, 0.2) is 73.7 Å². The molecule has 0 unspecified atom stereocenters. The molecule has 11 heteroatoms. The normalized spacial score (nSPS) is 14.5. The molecular formula is C30H29ClN6O4. The van der Waals surface area contributed by atoms with Gasteiger partial charge in [0.2, 0.25) is 11.8 Å². The molecule has 0 radical (unpaired) electrons. The summed E-state index contributed by atoms with van der Waals surface area (Å²) in [5, 5.41) is 7.32. The van der Waals surface area contributed by atoms with E-state index < -0.39 is 6.04 Å². The van der Waals surface area contributed by atoms with Gasteiger partial charge in [-0.25, -0.2) is 9.97 Å². The van der Waals surface area contributed by atoms with Gasteiger partial charge in [-0.1, -0.05) is 24.2 Å². The first-order chi connectivity index (χ1) is 20.0. The van der Waals surface area contributed by atoms with Gasteiger partial charge in [0, 0.05) is 29.9 Å². The van der Waals surface area contributed by atoms with Gasteiger partial charge in [0.1, 0.15) is 36.3 Å². The van der Waals surface area contributed by atoms with E-state index in [0.29, 0.717) is 70.8 Å². The van der Waals surface area contributed by atoms with Gasteiger partial charge in [-0.05, 0) is 62.2 Å². The maximum atomic E-state index is 13.3. The summed E-state index contributed by atoms with van der Waals surface area (Å²) in [7, 11) is 0. The summed E-state index contributed by atoms with van der Waals surface area (Å²) in [6, 6.07) is 13.9. The first-order valence-corrected chi connectivity index (χ1v) is 13.6. The molecule has 2 aromatic carbocycles. The van der Waals surface area contributed by atoms with E-state index >= 15 is 0 Å². The standard InChI is InChI=1S/C30H29ClN6O4/c1-3-28(38)37-13-7-9-25(37)30(39)36-24-15-21-23(16-27(24)40-4-2)33-18-34-29(21)35-19-10-11-26(22(31)14-19)41-17-20-8-5-6-12-32-20/h3,5-6,8,10-12,14-16,18,25H,1,4,7,9,13,17H2,2H3,(H,36,39)(H,33,34,35)/t25-/m0/s1. The lowest BCUT2D eigenvalue weighted by Gasteiger charge is -2.23. The molecular weight excluding hydrogens is 544 g/mol. The third-order valence-corrected chi connectivity index (χ3v) is 6.90. The lowest BCUT2D eigenvalue weighted by Crippen LogP contribution is -2.42. The zero-order valence-electron chi connectivity index (χ0n) is 22.5. The van der Waals surface area contributed by atoms with Crippen molar-refractivity contribution in [3.63, 3.8) is 0 Å². The first-order valence-electron chi connectivity index (χ1n) is 13.2. The maximum absolute atomic E-state index is 13.3. The van der Waals surface area contributed by atoms with E-state index in [1.807, 2.05) is 31.2 Å². The van der Waals surface area contributed by atoms with Crippen LogP contribution in [-0.2, 0) is 16.2 Å². The van der Waals surface area contributed by atoms with Crippen LogP contribution in [0.3, 0.4) is 0 Å². The number of fused-ring (bicyclic) bond motifs is 1. The first kappa shape index (κ1) is 27.9. The molecule has 2 N–H and O–H groups in total. The smallest absolute Gasteiger partial charge is 0.247 e. The molecule has 10 nitrogen and oxygen atoms in total. The van der Waals surface area contributed by atoms with Crippen molar-refractivity contribution < 1.29 is 19.1 Å². The highest BCUT2D eigenvalue weighted by Gasteiger charge is 2.33. The van der Waals surface area contributed by atoms with Crippen LogP contribution < -0.4 is 20.1 Å². The van der Waals surface area contributed by atoms with Crippen molar-refractivity contribution in [1.29, 1.82) is 0 Å². The number of nitrogens with zero attached hydrogens (tertiary/aromatic N) is 4. The summed E-state index contributed by atoms with van der Waals surface area (Å²) in [4.78, 5) is 40.1. The molecule has 1 saturated heterocycles. The number of halogens is 1. The van der Waals surface area contributed by atoms with Gasteiger partial charge in [-0.3, -0.25) is 14.6 Å². The number of anilines is 3. The molecule has 1 aliphatic rings. The van der Waals surface area contributed by atoms with E-state index in [4.69, 9.17) is 21.1 Å². The Morgan fingerprint density at radius 2 is 2.00 bits per heavy atom. The second kappa shape index (κ2) is 12.6. The number of ether oxygens (including phenoxy) is 2. The SMILES string of the molecule is C=CC(=O)N1CCC[C@H]1C(=O)Nc1cc2c(Nc3ccc(OCc4ccccn4)c(Cl)c3)ncnc2cc1OCC. The predicted octanol–water partition coefficient (Wildman–Crippen LogP) is 5.52. The van der Waals surface area contributed by atoms with Crippen LogP contribution in [0.25, 0.3) is 10.9 Å². The highest BCUT2D eigenvalue weighted by Crippen LogP contribution is 2.35. The van der Waals surface area contributed by atoms with Gasteiger partial charge in [0.25, 0.3) is 0 Å². The molecule has 2 amide bonds. The molecule has 1 aliphatic heterocycles. The number of aromatic nitrogens is 3. The second-order valence-electron chi connectivity index (χ2n) is 9.28. The summed E-state index contributed by atoms with van der Waals surface area (Å²) in [6.45, 7) is 6.60. The van der Waals surface area contributed by atoms with Crippen molar-refractivity contribution in [1.82, 2.24) is 19.9 Å². The fourth-order valence-corrected chi connectivity index (χ4v) is 4.90. The Labute approximate surface area is 242 Å². The van der Waals surface area contributed by atoms with Crippen LogP contribution in [-0.4, -0.2) is 50.9 Å². The third kappa shape index (κ3) is 6.38. The number of amides is 2. The fourth-order valence-electron chi connectivity index (χ4n) is 4.66. The summed E-state index contributed by atoms with van der Waals surface area (Å²) >= 11 is 6.51. The average molecular weight is 573 g/mol. The average Bonchev–Trinajstić information content (AvgIpc) is 3.48. The van der Waals surface area contributed by atoms with E-state index in [0.717, 1.165) is 12.1 Å². The van der Waals surface area contributed by atoms with Gasteiger partial charge in [-0.15, -0.1) is 0 Å². The molecule has 0 bridgehead atoms. The second-order valence-corrected chi connectivity index (χ2v) is 9.69. The van der Waals surface area contributed by atoms with Crippen molar-refractivity contribution in [2.75, 3.05) is 23.8 Å². The zero-order chi connectivity index (χ0) is 28.8. The molecule has 0 spiro atoms. The predicted molar refractivity (Wildman–Crippen MR) is 158 cm³/mol. The molecule has 1 fully saturated rings. The van der Waals surface area contributed by atoms with Crippen molar-refractivity contribution in [2.24, 2.45) is 0 Å². The van der Waals surface area contributed by atoms with Gasteiger partial charge < -0.3 is 25.0 Å². The molecule has 210 valence electrons. The number of carbonyl (C=O) groups excluding carboxylic acids is 2. The molecule has 41 heavy (non-hydrogen) atoms. The minimum atomic E-state index is -0.587. The lowest BCUT2D eigenvalue weighted by atomic mass is 10.1. The van der Waals surface area contributed by atoms with Crippen LogP contribution >= 0.6 is 11.6 Å². The van der Waals surface area contributed by atoms with E-state index in [1.165, 1.54) is 17.3 Å². The van der Waals surface area contributed by atoms with Crippen molar-refractivity contribution in [2.45, 2.75) is 32.4 Å². The quantitative estimate of drug-likeness (QED) is 0.239. The number of hydrogen-bond acceptors (Lipinski definition) is 8. The van der Waals surface area contributed by atoms with E-state index in [1.54, 1.807) is 30.5 Å². The summed E-state index contributed by atoms with van der Waals surface area (Å²) in [6.07, 6.45) is 5.70. The monoisotopic (exact) mass is 572 g/mol. The van der Waals surface area contributed by atoms with Crippen molar-refractivity contribution >= 4 is 51.5 Å². The number of nitrogens with one attached hydrogen (secondary N) is 2. The Morgan fingerprint density at radius 1 is 1.12 bits per heavy atom. The van der Waals surface area contributed by atoms with Crippen LogP contribution in [0.4, 0.5) is 17.2 Å². The largest absolute Gasteiger partial charge is 0.492 e. The number of hydrogen-bond donors (Lipinski definition) is 2. The highest BCUT2D eigenvalue weighted by atomic mass is 35.5. The Bertz CT molecular complexity index is 1580. The van der Waals surface area contributed by atoms with Gasteiger partial charge in [0.05, 0.1) is 28.5 Å². The Morgan fingerprint density at radius 3 is 2.76 bits per heavy atom. The fraction of sp³-hybridized carbons (Fsp3) is 0.233. The Balaban J connectivity index is 1.39. The molecule has 4 aromatic rings. The molecule has 0 aliphatic carbocycles. The summed E-state index contributed by atoms with van der Waals surface area (Å²) < 4.78 is 11.6. The van der Waals surface area contributed by atoms with E-state index in [-0.39, 0.29) is 11.8 Å². The minimum absolute atomic E-state index is 0.266. The third-order valence-electron chi connectivity index (χ3n) is 6.60. The topological polar surface area (TPSA) is 119 Å². The van der Waals surface area contributed by atoms with Gasteiger partial charge in [-0.2, -0.15) is 0 Å². The number of likely N-dealkylation sites (tertiary alicyclic amines) is 1. The van der Waals surface area contributed by atoms with Crippen LogP contribution in [0.1, 0.15) is 25.5 Å². The van der Waals surface area contributed by atoms with Gasteiger partial charge >= 0.3 is 0 Å². The van der Waals surface area contributed by atoms with Gasteiger partial charge in [0.15, 0.2) is 0 Å². The Kier molecular flexibility index (Phi) is 8.59. The van der Waals surface area contributed by atoms with Crippen molar-refractivity contribution in [3.8, 4) is 11.5 Å². The lowest BCUT2D eigenvalue weighted by molar-refractivity contribution is -0.132. The van der Waals surface area contributed by atoms with E-state index in [9.17, 15) is 9.59 Å². The number of rotatable bonds is 10. The number of pyridine rings is 1. The van der Waals surface area contributed by atoms with Crippen molar-refractivity contribution in [3.05, 3.63) is 84.4 Å². The van der Waals surface area contributed by atoms with E-state index in [2.05, 4.69) is 32.2 Å². The molecule has 2 aromatic heterocycles. The molecule has 1 atom stereocenters. The molecule has 0 saturated carbocycles. The maximum Gasteiger partial charge on any atom is 0.247 e. The van der Waals surface area contributed by atoms with Crippen LogP contribution in [0.5, 0.6) is 11.5 Å². The van der Waals surface area contributed by atoms with Crippen LogP contribution in [0.2, 0.25) is 5.02 Å². The Hall–Kier alpha value is -4.70. The highest BCUT2D eigenvalue weighted by molar-refractivity contribution is 6.32. The minimum Gasteiger partial charge on any atom is -0.492 e. The molecule has 5 rings (SSSR count). The van der Waals surface area contributed by atoms with Crippen LogP contribution in [0, 0.1) is 0 Å². The summed E-state index contributed by atoms with van der Waals surface area (Å²) in [5.41, 5.74) is 2.55. The number of benzene rings is 2. The molecule has 3 heterocycles. The number of carbonyl (C=O) groups is 2.